The Balaban J connectivity index is 1.61. The summed E-state index contributed by atoms with van der Waals surface area (Å²) in [6.45, 7) is 0. The molecule has 0 heterocycles. The van der Waals surface area contributed by atoms with E-state index < -0.39 is 17.8 Å². The van der Waals surface area contributed by atoms with Crippen LogP contribution in [0, 0.1) is 0 Å². The smallest absolute Gasteiger partial charge is 0.397 e. The standard InChI is InChI=1S/C21H17F3N4O2/c22-21(23,24)14-4-3-5-16(12-14)27-20(30)26-15-10-8-13(9-11-15)19(29)28-18-7-2-1-6-17(18)25/h1-12H,25H2,(H,28,29)(H2,26,27,30). The molecule has 3 aromatic rings. The molecule has 30 heavy (non-hydrogen) atoms. The summed E-state index contributed by atoms with van der Waals surface area (Å²) in [4.78, 5) is 24.3. The van der Waals surface area contributed by atoms with Crippen LogP contribution in [-0.2, 0) is 6.18 Å². The number of amides is 3. The molecule has 0 unspecified atom stereocenters. The van der Waals surface area contributed by atoms with E-state index in [1.54, 1.807) is 24.3 Å². The summed E-state index contributed by atoms with van der Waals surface area (Å²) in [5.74, 6) is -0.382. The van der Waals surface area contributed by atoms with E-state index in [1.165, 1.54) is 36.4 Å². The molecule has 0 saturated carbocycles. The van der Waals surface area contributed by atoms with E-state index in [1.807, 2.05) is 0 Å². The highest BCUT2D eigenvalue weighted by molar-refractivity contribution is 6.06. The number of benzene rings is 3. The van der Waals surface area contributed by atoms with Gasteiger partial charge in [-0.25, -0.2) is 4.79 Å². The minimum absolute atomic E-state index is 0.00114. The summed E-state index contributed by atoms with van der Waals surface area (Å²) in [5, 5.41) is 7.51. The Kier molecular flexibility index (Phi) is 5.91. The maximum absolute atomic E-state index is 12.7. The van der Waals surface area contributed by atoms with Gasteiger partial charge in [0.15, 0.2) is 0 Å². The molecule has 0 bridgehead atoms. The van der Waals surface area contributed by atoms with Crippen molar-refractivity contribution in [3.63, 3.8) is 0 Å². The molecule has 0 aliphatic carbocycles. The highest BCUT2D eigenvalue weighted by atomic mass is 19.4. The third-order valence-electron chi connectivity index (χ3n) is 4.06. The zero-order valence-electron chi connectivity index (χ0n) is 15.5. The summed E-state index contributed by atoms with van der Waals surface area (Å²) in [7, 11) is 0. The predicted octanol–water partition coefficient (Wildman–Crippen LogP) is 5.18. The Morgan fingerprint density at radius 1 is 0.767 bits per heavy atom. The molecule has 5 N–H and O–H groups in total. The largest absolute Gasteiger partial charge is 0.416 e. The molecule has 9 heteroatoms. The first-order chi connectivity index (χ1) is 14.2. The first-order valence-electron chi connectivity index (χ1n) is 8.73. The molecule has 3 rings (SSSR count). The van der Waals surface area contributed by atoms with E-state index >= 15 is 0 Å². The van der Waals surface area contributed by atoms with E-state index in [-0.39, 0.29) is 11.6 Å². The number of carbonyl (C=O) groups is 2. The van der Waals surface area contributed by atoms with Crippen LogP contribution in [0.5, 0.6) is 0 Å². The monoisotopic (exact) mass is 414 g/mol. The highest BCUT2D eigenvalue weighted by Crippen LogP contribution is 2.30. The van der Waals surface area contributed by atoms with Gasteiger partial charge in [-0.2, -0.15) is 13.2 Å². The number of hydrogen-bond acceptors (Lipinski definition) is 3. The number of para-hydroxylation sites is 2. The third-order valence-corrected chi connectivity index (χ3v) is 4.06. The fraction of sp³-hybridized carbons (Fsp3) is 0.0476. The van der Waals surface area contributed by atoms with Gasteiger partial charge in [0.2, 0.25) is 0 Å². The van der Waals surface area contributed by atoms with Gasteiger partial charge in [0, 0.05) is 16.9 Å². The van der Waals surface area contributed by atoms with Crippen molar-refractivity contribution >= 4 is 34.7 Å². The number of urea groups is 1. The Morgan fingerprint density at radius 3 is 2.10 bits per heavy atom. The molecule has 0 fully saturated rings. The van der Waals surface area contributed by atoms with Crippen LogP contribution in [0.1, 0.15) is 15.9 Å². The van der Waals surface area contributed by atoms with Gasteiger partial charge in [0.05, 0.1) is 16.9 Å². The lowest BCUT2D eigenvalue weighted by molar-refractivity contribution is -0.137. The van der Waals surface area contributed by atoms with Crippen molar-refractivity contribution in [2.45, 2.75) is 6.18 Å². The number of anilines is 4. The van der Waals surface area contributed by atoms with Gasteiger partial charge >= 0.3 is 12.2 Å². The van der Waals surface area contributed by atoms with Crippen LogP contribution in [0.15, 0.2) is 72.8 Å². The Hall–Kier alpha value is -4.01. The van der Waals surface area contributed by atoms with Crippen molar-refractivity contribution in [3.05, 3.63) is 83.9 Å². The van der Waals surface area contributed by atoms with Crippen LogP contribution in [-0.4, -0.2) is 11.9 Å². The predicted molar refractivity (Wildman–Crippen MR) is 109 cm³/mol. The van der Waals surface area contributed by atoms with Gasteiger partial charge in [-0.05, 0) is 54.6 Å². The van der Waals surface area contributed by atoms with Gasteiger partial charge in [-0.15, -0.1) is 0 Å². The average Bonchev–Trinajstić information content (AvgIpc) is 2.70. The number of nitrogens with one attached hydrogen (secondary N) is 3. The van der Waals surface area contributed by atoms with Gasteiger partial charge < -0.3 is 21.7 Å². The second-order valence-corrected chi connectivity index (χ2v) is 6.28. The average molecular weight is 414 g/mol. The lowest BCUT2D eigenvalue weighted by atomic mass is 10.2. The fourth-order valence-electron chi connectivity index (χ4n) is 2.58. The minimum Gasteiger partial charge on any atom is -0.397 e. The topological polar surface area (TPSA) is 96.2 Å². The lowest BCUT2D eigenvalue weighted by Gasteiger charge is -2.11. The van der Waals surface area contributed by atoms with Crippen LogP contribution in [0.3, 0.4) is 0 Å². The van der Waals surface area contributed by atoms with Crippen LogP contribution in [0.25, 0.3) is 0 Å². The molecule has 3 amide bonds. The van der Waals surface area contributed by atoms with E-state index in [2.05, 4.69) is 16.0 Å². The quantitative estimate of drug-likeness (QED) is 0.443. The number of nitrogens with two attached hydrogens (primary N) is 1. The van der Waals surface area contributed by atoms with Crippen molar-refractivity contribution in [2.24, 2.45) is 0 Å². The van der Waals surface area contributed by atoms with Crippen molar-refractivity contribution in [1.82, 2.24) is 0 Å². The molecule has 0 spiro atoms. The molecule has 0 saturated heterocycles. The van der Waals surface area contributed by atoms with Crippen LogP contribution >= 0.6 is 0 Å². The molecule has 6 nitrogen and oxygen atoms in total. The number of hydrogen-bond donors (Lipinski definition) is 4. The first-order valence-corrected chi connectivity index (χ1v) is 8.73. The molecule has 3 aromatic carbocycles. The SMILES string of the molecule is Nc1ccccc1NC(=O)c1ccc(NC(=O)Nc2cccc(C(F)(F)F)c2)cc1. The van der Waals surface area contributed by atoms with Gasteiger partial charge in [0.1, 0.15) is 0 Å². The molecule has 0 aliphatic heterocycles. The number of carbonyl (C=O) groups excluding carboxylic acids is 2. The normalized spacial score (nSPS) is 10.9. The Morgan fingerprint density at radius 2 is 1.43 bits per heavy atom. The van der Waals surface area contributed by atoms with Crippen molar-refractivity contribution in [3.8, 4) is 0 Å². The van der Waals surface area contributed by atoms with Gasteiger partial charge in [-0.3, -0.25) is 4.79 Å². The number of alkyl halides is 3. The highest BCUT2D eigenvalue weighted by Gasteiger charge is 2.30. The van der Waals surface area contributed by atoms with E-state index in [0.717, 1.165) is 12.1 Å². The first kappa shape index (κ1) is 20.7. The summed E-state index contributed by atoms with van der Waals surface area (Å²) in [6.07, 6.45) is -4.50. The van der Waals surface area contributed by atoms with Gasteiger partial charge in [-0.1, -0.05) is 18.2 Å². The van der Waals surface area contributed by atoms with Gasteiger partial charge in [0.25, 0.3) is 5.91 Å². The molecule has 154 valence electrons. The third kappa shape index (κ3) is 5.28. The van der Waals surface area contributed by atoms with E-state index in [4.69, 9.17) is 5.73 Å². The maximum atomic E-state index is 12.7. The van der Waals surface area contributed by atoms with Crippen LogP contribution in [0.4, 0.5) is 40.7 Å². The zero-order valence-corrected chi connectivity index (χ0v) is 15.5. The van der Waals surface area contributed by atoms with E-state index in [9.17, 15) is 22.8 Å². The molecular formula is C21H17F3N4O2. The van der Waals surface area contributed by atoms with Crippen LogP contribution < -0.4 is 21.7 Å². The summed E-state index contributed by atoms with van der Waals surface area (Å²) in [5.41, 5.74) is 6.52. The fourth-order valence-corrected chi connectivity index (χ4v) is 2.58. The molecular weight excluding hydrogens is 397 g/mol. The zero-order chi connectivity index (χ0) is 21.7. The Labute approximate surface area is 169 Å². The number of rotatable bonds is 4. The minimum atomic E-state index is -4.50. The van der Waals surface area contributed by atoms with Crippen molar-refractivity contribution in [1.29, 1.82) is 0 Å². The van der Waals surface area contributed by atoms with Crippen molar-refractivity contribution < 1.29 is 22.8 Å². The molecule has 0 aliphatic rings. The number of nitrogen functional groups attached to an aromatic ring is 1. The van der Waals surface area contributed by atoms with Crippen LogP contribution in [0.2, 0.25) is 0 Å². The van der Waals surface area contributed by atoms with Crippen molar-refractivity contribution in [2.75, 3.05) is 21.7 Å². The Bertz CT molecular complexity index is 1070. The lowest BCUT2D eigenvalue weighted by Crippen LogP contribution is -2.20. The summed E-state index contributed by atoms with van der Waals surface area (Å²) < 4.78 is 38.2. The van der Waals surface area contributed by atoms with E-state index in [0.29, 0.717) is 22.6 Å². The second-order valence-electron chi connectivity index (χ2n) is 6.28. The summed E-state index contributed by atoms with van der Waals surface area (Å²) >= 11 is 0. The second kappa shape index (κ2) is 8.56. The molecule has 0 aromatic heterocycles. The maximum Gasteiger partial charge on any atom is 0.416 e. The molecule has 0 atom stereocenters. The number of halogens is 3. The summed E-state index contributed by atoms with van der Waals surface area (Å²) in [6, 6.07) is 16.4. The molecule has 0 radical (unpaired) electrons.